The molecule has 9 nitrogen and oxygen atoms in total. The Bertz CT molecular complexity index is 1250. The molecular weight excluding hydrogens is 408 g/mol. The first-order chi connectivity index (χ1) is 14.6. The summed E-state index contributed by atoms with van der Waals surface area (Å²) in [5.41, 5.74) is 1.74. The molecule has 152 valence electrons. The molecule has 1 saturated carbocycles. The summed E-state index contributed by atoms with van der Waals surface area (Å²) in [6.07, 6.45) is 4.03. The van der Waals surface area contributed by atoms with Gasteiger partial charge in [0.25, 0.3) is 11.8 Å². The first kappa shape index (κ1) is 18.6. The molecule has 1 fully saturated rings. The molecule has 4 aromatic rings. The Kier molecular flexibility index (Phi) is 4.59. The summed E-state index contributed by atoms with van der Waals surface area (Å²) >= 11 is 6.00. The first-order valence-electron chi connectivity index (χ1n) is 9.42. The van der Waals surface area contributed by atoms with Gasteiger partial charge in [-0.3, -0.25) is 9.20 Å². The molecule has 0 atom stereocenters. The Hall–Kier alpha value is -3.46. The van der Waals surface area contributed by atoms with Crippen molar-refractivity contribution in [1.29, 1.82) is 0 Å². The summed E-state index contributed by atoms with van der Waals surface area (Å²) in [7, 11) is 1.50. The smallest absolute Gasteiger partial charge is 0.258 e. The zero-order valence-corrected chi connectivity index (χ0v) is 16.8. The summed E-state index contributed by atoms with van der Waals surface area (Å²) < 4.78 is 12.4. The molecule has 3 heterocycles. The summed E-state index contributed by atoms with van der Waals surface area (Å²) in [6.45, 7) is 0.182. The number of hydrogen-bond donors (Lipinski definition) is 1. The highest BCUT2D eigenvalue weighted by Crippen LogP contribution is 2.38. The van der Waals surface area contributed by atoms with Gasteiger partial charge >= 0.3 is 0 Å². The second kappa shape index (κ2) is 7.42. The molecule has 30 heavy (non-hydrogen) atoms. The number of aromatic nitrogens is 5. The fraction of sp³-hybridized carbons (Fsp3) is 0.250. The maximum atomic E-state index is 12.6. The van der Waals surface area contributed by atoms with E-state index in [4.69, 9.17) is 20.9 Å². The van der Waals surface area contributed by atoms with E-state index in [1.54, 1.807) is 22.6 Å². The molecule has 1 amide bonds. The van der Waals surface area contributed by atoms with E-state index in [1.807, 2.05) is 18.3 Å². The van der Waals surface area contributed by atoms with E-state index in [9.17, 15) is 4.79 Å². The Morgan fingerprint density at radius 1 is 1.30 bits per heavy atom. The number of fused-ring (bicyclic) bond motifs is 1. The molecule has 0 bridgehead atoms. The van der Waals surface area contributed by atoms with Gasteiger partial charge in [0, 0.05) is 22.7 Å². The maximum absolute atomic E-state index is 12.6. The van der Waals surface area contributed by atoms with Crippen molar-refractivity contribution >= 4 is 23.2 Å². The summed E-state index contributed by atoms with van der Waals surface area (Å²) in [5.74, 6) is 2.35. The number of rotatable bonds is 6. The monoisotopic (exact) mass is 424 g/mol. The zero-order chi connectivity index (χ0) is 20.7. The highest BCUT2D eigenvalue weighted by molar-refractivity contribution is 6.31. The summed E-state index contributed by atoms with van der Waals surface area (Å²) in [4.78, 5) is 17.0. The van der Waals surface area contributed by atoms with Gasteiger partial charge in [-0.05, 0) is 43.2 Å². The van der Waals surface area contributed by atoms with Crippen molar-refractivity contribution in [3.05, 3.63) is 58.8 Å². The van der Waals surface area contributed by atoms with Crippen LogP contribution in [0.1, 0.15) is 40.8 Å². The number of carbonyl (C=O) groups is 1. The van der Waals surface area contributed by atoms with E-state index in [-0.39, 0.29) is 12.5 Å². The summed E-state index contributed by atoms with van der Waals surface area (Å²) in [6, 6.07) is 8.55. The van der Waals surface area contributed by atoms with Crippen LogP contribution in [0.4, 0.5) is 0 Å². The van der Waals surface area contributed by atoms with Crippen molar-refractivity contribution in [3.8, 4) is 17.2 Å². The normalized spacial score (nSPS) is 13.5. The molecule has 3 aromatic heterocycles. The van der Waals surface area contributed by atoms with E-state index in [0.29, 0.717) is 39.6 Å². The standard InChI is InChI=1S/C20H17ClN6O3/c1-29-15-5-4-13(21)9-14(15)19(28)22-10-17-25-24-16-8-12(6-7-27(16)17)20-23-18(26-30-20)11-2-3-11/h4-9,11H,2-3,10H2,1H3,(H,22,28). The molecule has 1 aromatic carbocycles. The lowest BCUT2D eigenvalue weighted by Crippen LogP contribution is -2.24. The van der Waals surface area contributed by atoms with Gasteiger partial charge in [-0.15, -0.1) is 10.2 Å². The minimum Gasteiger partial charge on any atom is -0.496 e. The fourth-order valence-electron chi connectivity index (χ4n) is 3.17. The van der Waals surface area contributed by atoms with Gasteiger partial charge in [-0.2, -0.15) is 4.98 Å². The van der Waals surface area contributed by atoms with E-state index < -0.39 is 0 Å². The number of nitrogens with zero attached hydrogens (tertiary/aromatic N) is 5. The fourth-order valence-corrected chi connectivity index (χ4v) is 3.34. The molecule has 1 N–H and O–H groups in total. The molecule has 1 aliphatic carbocycles. The molecule has 1 aliphatic rings. The van der Waals surface area contributed by atoms with E-state index in [1.165, 1.54) is 7.11 Å². The van der Waals surface area contributed by atoms with Crippen molar-refractivity contribution in [3.63, 3.8) is 0 Å². The van der Waals surface area contributed by atoms with Gasteiger partial charge in [-0.1, -0.05) is 16.8 Å². The van der Waals surface area contributed by atoms with Gasteiger partial charge in [-0.25, -0.2) is 0 Å². The van der Waals surface area contributed by atoms with Crippen LogP contribution in [-0.2, 0) is 6.54 Å². The molecule has 0 aliphatic heterocycles. The topological polar surface area (TPSA) is 107 Å². The van der Waals surface area contributed by atoms with Gasteiger partial charge < -0.3 is 14.6 Å². The zero-order valence-electron chi connectivity index (χ0n) is 16.0. The van der Waals surface area contributed by atoms with Crippen molar-refractivity contribution in [2.24, 2.45) is 0 Å². The van der Waals surface area contributed by atoms with Gasteiger partial charge in [0.05, 0.1) is 19.2 Å². The molecular formula is C20H17ClN6O3. The van der Waals surface area contributed by atoms with Crippen LogP contribution in [-0.4, -0.2) is 37.8 Å². The third kappa shape index (κ3) is 3.48. The number of amides is 1. The molecule has 0 spiro atoms. The number of methoxy groups -OCH3 is 1. The van der Waals surface area contributed by atoms with Crippen molar-refractivity contribution in [1.82, 2.24) is 30.1 Å². The lowest BCUT2D eigenvalue weighted by molar-refractivity contribution is 0.0946. The maximum Gasteiger partial charge on any atom is 0.258 e. The van der Waals surface area contributed by atoms with Crippen molar-refractivity contribution < 1.29 is 14.1 Å². The lowest BCUT2D eigenvalue weighted by Gasteiger charge is -2.09. The number of pyridine rings is 1. The third-order valence-corrected chi connectivity index (χ3v) is 5.16. The highest BCUT2D eigenvalue weighted by atomic mass is 35.5. The SMILES string of the molecule is COc1ccc(Cl)cc1C(=O)NCc1nnc2cc(-c3nc(C4CC4)no3)ccn12. The number of halogens is 1. The Labute approximate surface area is 176 Å². The predicted molar refractivity (Wildman–Crippen MR) is 107 cm³/mol. The number of benzene rings is 1. The van der Waals surface area contributed by atoms with Crippen LogP contribution in [0, 0.1) is 0 Å². The van der Waals surface area contributed by atoms with Gasteiger partial charge in [0.2, 0.25) is 0 Å². The lowest BCUT2D eigenvalue weighted by atomic mass is 10.2. The largest absolute Gasteiger partial charge is 0.496 e. The van der Waals surface area contributed by atoms with Crippen LogP contribution >= 0.6 is 11.6 Å². The predicted octanol–water partition coefficient (Wildman–Crippen LogP) is 3.25. The van der Waals surface area contributed by atoms with Crippen LogP contribution < -0.4 is 10.1 Å². The van der Waals surface area contributed by atoms with Gasteiger partial charge in [0.15, 0.2) is 17.3 Å². The average Bonchev–Trinajstić information content (AvgIpc) is 3.35. The molecule has 0 saturated heterocycles. The molecule has 10 heteroatoms. The number of hydrogen-bond acceptors (Lipinski definition) is 7. The third-order valence-electron chi connectivity index (χ3n) is 4.92. The second-order valence-corrected chi connectivity index (χ2v) is 7.46. The van der Waals surface area contributed by atoms with Crippen LogP contribution in [0.5, 0.6) is 5.75 Å². The van der Waals surface area contributed by atoms with Crippen LogP contribution in [0.15, 0.2) is 41.1 Å². The quantitative estimate of drug-likeness (QED) is 0.506. The minimum atomic E-state index is -0.318. The number of nitrogens with one attached hydrogen (secondary N) is 1. The van der Waals surface area contributed by atoms with Crippen molar-refractivity contribution in [2.75, 3.05) is 7.11 Å². The molecule has 0 radical (unpaired) electrons. The van der Waals surface area contributed by atoms with E-state index in [2.05, 4.69) is 25.7 Å². The first-order valence-corrected chi connectivity index (χ1v) is 9.79. The molecule has 5 rings (SSSR count). The molecule has 0 unspecified atom stereocenters. The second-order valence-electron chi connectivity index (χ2n) is 7.02. The van der Waals surface area contributed by atoms with Crippen LogP contribution in [0.2, 0.25) is 5.02 Å². The van der Waals surface area contributed by atoms with Crippen LogP contribution in [0.3, 0.4) is 0 Å². The van der Waals surface area contributed by atoms with Crippen molar-refractivity contribution in [2.45, 2.75) is 25.3 Å². The Morgan fingerprint density at radius 3 is 2.97 bits per heavy atom. The average molecular weight is 425 g/mol. The van der Waals surface area contributed by atoms with E-state index in [0.717, 1.165) is 24.2 Å². The minimum absolute atomic E-state index is 0.182. The highest BCUT2D eigenvalue weighted by Gasteiger charge is 2.29. The van der Waals surface area contributed by atoms with Gasteiger partial charge in [0.1, 0.15) is 5.75 Å². The Morgan fingerprint density at radius 2 is 2.17 bits per heavy atom. The summed E-state index contributed by atoms with van der Waals surface area (Å²) in [5, 5.41) is 15.7. The Balaban J connectivity index is 1.34. The van der Waals surface area contributed by atoms with E-state index >= 15 is 0 Å². The number of ether oxygens (including phenoxy) is 1. The van der Waals surface area contributed by atoms with Crippen LogP contribution in [0.25, 0.3) is 17.1 Å². The number of carbonyl (C=O) groups excluding carboxylic acids is 1.